The molecule has 1 fully saturated rings. The lowest BCUT2D eigenvalue weighted by atomic mass is 9.79. The van der Waals surface area contributed by atoms with Gasteiger partial charge in [0.25, 0.3) is 0 Å². The predicted octanol–water partition coefficient (Wildman–Crippen LogP) is 5.49. The van der Waals surface area contributed by atoms with Crippen LogP contribution in [0.15, 0.2) is 12.1 Å². The lowest BCUT2D eigenvalue weighted by Crippen LogP contribution is -2.24. The highest BCUT2D eigenvalue weighted by Gasteiger charge is 2.27. The third-order valence-corrected chi connectivity index (χ3v) is 4.85. The second-order valence-corrected chi connectivity index (χ2v) is 9.05. The monoisotopic (exact) mass is 318 g/mol. The second-order valence-electron chi connectivity index (χ2n) is 9.05. The maximum Gasteiger partial charge on any atom is 0.128 e. The lowest BCUT2D eigenvalue weighted by molar-refractivity contribution is 0.146. The largest absolute Gasteiger partial charge is 0.490 e. The van der Waals surface area contributed by atoms with E-state index in [0.29, 0.717) is 6.10 Å². The molecule has 23 heavy (non-hydrogen) atoms. The minimum Gasteiger partial charge on any atom is -0.490 e. The van der Waals surface area contributed by atoms with Crippen molar-refractivity contribution in [3.8, 4) is 5.75 Å². The van der Waals surface area contributed by atoms with Gasteiger partial charge >= 0.3 is 0 Å². The van der Waals surface area contributed by atoms with Gasteiger partial charge in [-0.05, 0) is 48.1 Å². The molecule has 0 unspecified atom stereocenters. The van der Waals surface area contributed by atoms with E-state index in [4.69, 9.17) is 4.74 Å². The number of aliphatic hydroxyl groups is 1. The molecule has 0 spiro atoms. The average Bonchev–Trinajstić information content (AvgIpc) is 2.46. The summed E-state index contributed by atoms with van der Waals surface area (Å²) in [7, 11) is 0. The SMILES string of the molecule is CC(C)(C)c1cc(CO)c(OC2CCCCC2)c(C(C)(C)C)c1. The van der Waals surface area contributed by atoms with Crippen molar-refractivity contribution in [3.05, 3.63) is 28.8 Å². The molecule has 2 heteroatoms. The third-order valence-electron chi connectivity index (χ3n) is 4.85. The van der Waals surface area contributed by atoms with E-state index in [0.717, 1.165) is 24.2 Å². The van der Waals surface area contributed by atoms with Crippen LogP contribution >= 0.6 is 0 Å². The smallest absolute Gasteiger partial charge is 0.128 e. The number of rotatable bonds is 3. The Kier molecular flexibility index (Phi) is 5.45. The quantitative estimate of drug-likeness (QED) is 0.799. The van der Waals surface area contributed by atoms with Gasteiger partial charge in [-0.15, -0.1) is 0 Å². The van der Waals surface area contributed by atoms with Crippen LogP contribution in [0.3, 0.4) is 0 Å². The fourth-order valence-corrected chi connectivity index (χ4v) is 3.29. The molecule has 0 saturated heterocycles. The van der Waals surface area contributed by atoms with Crippen LogP contribution in [0.2, 0.25) is 0 Å². The molecule has 0 bridgehead atoms. The highest BCUT2D eigenvalue weighted by Crippen LogP contribution is 2.40. The van der Waals surface area contributed by atoms with Crippen molar-refractivity contribution in [2.45, 2.75) is 97.2 Å². The van der Waals surface area contributed by atoms with E-state index >= 15 is 0 Å². The molecule has 1 aliphatic rings. The first kappa shape index (κ1) is 18.3. The molecule has 2 nitrogen and oxygen atoms in total. The molecule has 1 saturated carbocycles. The Bertz CT molecular complexity index is 526. The molecular weight excluding hydrogens is 284 g/mol. The normalized spacial score (nSPS) is 17.3. The van der Waals surface area contributed by atoms with Crippen molar-refractivity contribution in [2.24, 2.45) is 0 Å². The summed E-state index contributed by atoms with van der Waals surface area (Å²) in [4.78, 5) is 0. The van der Waals surface area contributed by atoms with Crippen molar-refractivity contribution in [2.75, 3.05) is 0 Å². The van der Waals surface area contributed by atoms with Gasteiger partial charge in [0.2, 0.25) is 0 Å². The number of benzene rings is 1. The Morgan fingerprint density at radius 3 is 2.04 bits per heavy atom. The lowest BCUT2D eigenvalue weighted by Gasteiger charge is -2.32. The molecule has 2 rings (SSSR count). The minimum absolute atomic E-state index is 0.00478. The van der Waals surface area contributed by atoms with Gasteiger partial charge in [0.15, 0.2) is 0 Å². The van der Waals surface area contributed by atoms with E-state index in [1.807, 2.05) is 0 Å². The summed E-state index contributed by atoms with van der Waals surface area (Å²) in [6.07, 6.45) is 6.40. The van der Waals surface area contributed by atoms with E-state index in [-0.39, 0.29) is 17.4 Å². The average molecular weight is 319 g/mol. The number of ether oxygens (including phenoxy) is 1. The van der Waals surface area contributed by atoms with Crippen LogP contribution in [-0.2, 0) is 17.4 Å². The van der Waals surface area contributed by atoms with Crippen LogP contribution in [0.25, 0.3) is 0 Å². The first-order valence-corrected chi connectivity index (χ1v) is 9.08. The molecule has 0 aromatic heterocycles. The van der Waals surface area contributed by atoms with E-state index < -0.39 is 0 Å². The van der Waals surface area contributed by atoms with Gasteiger partial charge in [0.05, 0.1) is 12.7 Å². The molecule has 0 radical (unpaired) electrons. The summed E-state index contributed by atoms with van der Waals surface area (Å²) in [5.41, 5.74) is 3.48. The van der Waals surface area contributed by atoms with Gasteiger partial charge in [0, 0.05) is 11.1 Å². The third kappa shape index (κ3) is 4.50. The number of hydrogen-bond donors (Lipinski definition) is 1. The first-order valence-electron chi connectivity index (χ1n) is 9.08. The zero-order valence-corrected chi connectivity index (χ0v) is 15.8. The van der Waals surface area contributed by atoms with Crippen molar-refractivity contribution in [3.63, 3.8) is 0 Å². The van der Waals surface area contributed by atoms with Crippen molar-refractivity contribution >= 4 is 0 Å². The highest BCUT2D eigenvalue weighted by atomic mass is 16.5. The molecule has 0 amide bonds. The molecule has 1 aromatic rings. The van der Waals surface area contributed by atoms with Crippen LogP contribution in [0.5, 0.6) is 5.75 Å². The molecular formula is C21H34O2. The summed E-state index contributed by atoms with van der Waals surface area (Å²) in [5.74, 6) is 0.930. The molecule has 0 atom stereocenters. The topological polar surface area (TPSA) is 29.5 Å². The summed E-state index contributed by atoms with van der Waals surface area (Å²) in [6, 6.07) is 4.42. The number of aliphatic hydroxyl groups excluding tert-OH is 1. The van der Waals surface area contributed by atoms with Crippen LogP contribution in [0, 0.1) is 0 Å². The van der Waals surface area contributed by atoms with Crippen LogP contribution in [-0.4, -0.2) is 11.2 Å². The van der Waals surface area contributed by atoms with Crippen LogP contribution in [0.1, 0.15) is 90.3 Å². The fourth-order valence-electron chi connectivity index (χ4n) is 3.29. The predicted molar refractivity (Wildman–Crippen MR) is 97.3 cm³/mol. The van der Waals surface area contributed by atoms with Crippen molar-refractivity contribution in [1.82, 2.24) is 0 Å². The maximum absolute atomic E-state index is 9.95. The van der Waals surface area contributed by atoms with E-state index in [9.17, 15) is 5.11 Å². The molecule has 1 N–H and O–H groups in total. The summed E-state index contributed by atoms with van der Waals surface area (Å²) in [5, 5.41) is 9.95. The van der Waals surface area contributed by atoms with Crippen molar-refractivity contribution in [1.29, 1.82) is 0 Å². The molecule has 0 heterocycles. The Hall–Kier alpha value is -1.02. The summed E-state index contributed by atoms with van der Waals surface area (Å²) in [6.45, 7) is 13.4. The summed E-state index contributed by atoms with van der Waals surface area (Å²) >= 11 is 0. The minimum atomic E-state index is -0.00478. The molecule has 0 aliphatic heterocycles. The van der Waals surface area contributed by atoms with Crippen LogP contribution in [0.4, 0.5) is 0 Å². The Balaban J connectivity index is 2.49. The summed E-state index contributed by atoms with van der Waals surface area (Å²) < 4.78 is 6.44. The van der Waals surface area contributed by atoms with Gasteiger partial charge < -0.3 is 9.84 Å². The maximum atomic E-state index is 9.95. The van der Waals surface area contributed by atoms with E-state index in [1.165, 1.54) is 30.4 Å². The zero-order valence-electron chi connectivity index (χ0n) is 15.8. The zero-order chi connectivity index (χ0) is 17.3. The number of hydrogen-bond acceptors (Lipinski definition) is 2. The van der Waals surface area contributed by atoms with Gasteiger partial charge in [-0.2, -0.15) is 0 Å². The molecule has 1 aromatic carbocycles. The standard InChI is InChI=1S/C21H34O2/c1-20(2,3)16-12-15(14-22)19(18(13-16)21(4,5)6)23-17-10-8-7-9-11-17/h12-13,17,22H,7-11,14H2,1-6H3. The van der Waals surface area contributed by atoms with Gasteiger partial charge in [-0.3, -0.25) is 0 Å². The van der Waals surface area contributed by atoms with E-state index in [2.05, 4.69) is 53.7 Å². The Morgan fingerprint density at radius 2 is 1.57 bits per heavy atom. The first-order chi connectivity index (χ1) is 10.6. The van der Waals surface area contributed by atoms with Gasteiger partial charge in [0.1, 0.15) is 5.75 Å². The van der Waals surface area contributed by atoms with E-state index in [1.54, 1.807) is 0 Å². The fraction of sp³-hybridized carbons (Fsp3) is 0.714. The molecule has 130 valence electrons. The molecule has 1 aliphatic carbocycles. The van der Waals surface area contributed by atoms with Gasteiger partial charge in [-0.25, -0.2) is 0 Å². The Morgan fingerprint density at radius 1 is 0.957 bits per heavy atom. The highest BCUT2D eigenvalue weighted by molar-refractivity contribution is 5.49. The van der Waals surface area contributed by atoms with Gasteiger partial charge in [-0.1, -0.05) is 54.0 Å². The second kappa shape index (κ2) is 6.84. The Labute approximate surface area is 142 Å². The van der Waals surface area contributed by atoms with Crippen molar-refractivity contribution < 1.29 is 9.84 Å². The van der Waals surface area contributed by atoms with Crippen LogP contribution < -0.4 is 4.74 Å².